The van der Waals surface area contributed by atoms with E-state index in [1.165, 1.54) is 18.2 Å². The van der Waals surface area contributed by atoms with Crippen LogP contribution >= 0.6 is 0 Å². The monoisotopic (exact) mass is 602 g/mol. The summed E-state index contributed by atoms with van der Waals surface area (Å²) in [6, 6.07) is 9.91. The van der Waals surface area contributed by atoms with E-state index in [1.54, 1.807) is 0 Å². The molecule has 224 valence electrons. The third-order valence-electron chi connectivity index (χ3n) is 6.11. The van der Waals surface area contributed by atoms with Crippen molar-refractivity contribution in [2.75, 3.05) is 0 Å². The lowest BCUT2D eigenvalue weighted by Gasteiger charge is -2.43. The lowest BCUT2D eigenvalue weighted by Crippen LogP contribution is -2.70. The Kier molecular flexibility index (Phi) is 8.64. The maximum absolute atomic E-state index is 15.0. The van der Waals surface area contributed by atoms with Gasteiger partial charge in [0.1, 0.15) is 11.4 Å². The van der Waals surface area contributed by atoms with E-state index < -0.39 is 71.0 Å². The van der Waals surface area contributed by atoms with E-state index in [0.717, 1.165) is 50.2 Å². The van der Waals surface area contributed by atoms with E-state index in [1.807, 2.05) is 0 Å². The van der Waals surface area contributed by atoms with Gasteiger partial charge in [-0.15, -0.1) is 0 Å². The molecule has 3 nitrogen and oxygen atoms in total. The number of aliphatic hydroxyl groups is 1. The third kappa shape index (κ3) is 5.33. The van der Waals surface area contributed by atoms with Crippen LogP contribution in [0.1, 0.15) is 37.3 Å². The van der Waals surface area contributed by atoms with Crippen LogP contribution in [0.5, 0.6) is 5.75 Å². The van der Waals surface area contributed by atoms with Gasteiger partial charge in [0.05, 0.1) is 6.42 Å². The average molecular weight is 602 g/mol. The number of benzene rings is 2. The second-order valence-corrected chi connectivity index (χ2v) is 8.82. The molecule has 0 saturated heterocycles. The lowest BCUT2D eigenvalue weighted by atomic mass is 9.73. The number of ether oxygens (including phenoxy) is 1. The smallest absolute Gasteiger partial charge is 0.426 e. The van der Waals surface area contributed by atoms with Crippen LogP contribution < -0.4 is 4.74 Å². The molecule has 2 rings (SSSR count). The summed E-state index contributed by atoms with van der Waals surface area (Å²) >= 11 is 0. The zero-order chi connectivity index (χ0) is 31.2. The molecule has 0 fully saturated rings. The quantitative estimate of drug-likeness (QED) is 0.172. The standard InChI is InChI=1S/C24H19F13O3/c1-13(15-8-4-3-5-9-15)18(39,16-10-6-7-11-17(16)40-14(2)38)12-19(25,26)20(27,28)21(29,30)22(31,32)23(33,34)24(35,36)37/h3-11,13,39H,12H2,1-2H3. The summed E-state index contributed by atoms with van der Waals surface area (Å²) in [6.07, 6.45) is -10.5. The Labute approximate surface area is 217 Å². The molecular formula is C24H19F13O3. The van der Waals surface area contributed by atoms with Crippen molar-refractivity contribution in [2.24, 2.45) is 0 Å². The fraction of sp³-hybridized carbons (Fsp3) is 0.458. The highest BCUT2D eigenvalue weighted by molar-refractivity contribution is 5.70. The number of hydrogen-bond acceptors (Lipinski definition) is 3. The number of carbonyl (C=O) groups excluding carboxylic acids is 1. The van der Waals surface area contributed by atoms with Gasteiger partial charge in [-0.3, -0.25) is 4.79 Å². The van der Waals surface area contributed by atoms with Crippen LogP contribution in [0.25, 0.3) is 0 Å². The molecule has 0 aliphatic rings. The van der Waals surface area contributed by atoms with Crippen LogP contribution in [0.15, 0.2) is 54.6 Å². The van der Waals surface area contributed by atoms with Crippen molar-refractivity contribution >= 4 is 5.97 Å². The van der Waals surface area contributed by atoms with Gasteiger partial charge in [-0.2, -0.15) is 57.1 Å². The summed E-state index contributed by atoms with van der Waals surface area (Å²) in [5.74, 6) is -41.9. The average Bonchev–Trinajstić information content (AvgIpc) is 2.82. The number of para-hydroxylation sites is 1. The zero-order valence-electron chi connectivity index (χ0n) is 20.2. The maximum Gasteiger partial charge on any atom is 0.460 e. The zero-order valence-corrected chi connectivity index (χ0v) is 20.2. The largest absolute Gasteiger partial charge is 0.460 e. The highest BCUT2D eigenvalue weighted by atomic mass is 19.4. The lowest BCUT2D eigenvalue weighted by molar-refractivity contribution is -0.441. The Bertz CT molecular complexity index is 1200. The molecular weight excluding hydrogens is 583 g/mol. The summed E-state index contributed by atoms with van der Waals surface area (Å²) in [5, 5.41) is 11.4. The summed E-state index contributed by atoms with van der Waals surface area (Å²) in [6.45, 7) is 1.70. The predicted molar refractivity (Wildman–Crippen MR) is 112 cm³/mol. The molecule has 2 unspecified atom stereocenters. The van der Waals surface area contributed by atoms with Gasteiger partial charge in [-0.05, 0) is 11.6 Å². The summed E-state index contributed by atoms with van der Waals surface area (Å²) in [4.78, 5) is 11.5. The van der Waals surface area contributed by atoms with Crippen molar-refractivity contribution in [1.82, 2.24) is 0 Å². The molecule has 40 heavy (non-hydrogen) atoms. The molecule has 16 heteroatoms. The van der Waals surface area contributed by atoms with Crippen LogP contribution in [0, 0.1) is 0 Å². The van der Waals surface area contributed by atoms with Gasteiger partial charge in [0.15, 0.2) is 0 Å². The molecule has 0 aliphatic heterocycles. The van der Waals surface area contributed by atoms with Crippen molar-refractivity contribution in [2.45, 2.75) is 67.6 Å². The number of carbonyl (C=O) groups is 1. The van der Waals surface area contributed by atoms with Gasteiger partial charge in [-0.25, -0.2) is 0 Å². The van der Waals surface area contributed by atoms with Crippen LogP contribution in [0.4, 0.5) is 57.1 Å². The van der Waals surface area contributed by atoms with Gasteiger partial charge in [-0.1, -0.05) is 55.5 Å². The van der Waals surface area contributed by atoms with Gasteiger partial charge in [0.2, 0.25) is 0 Å². The first-order chi connectivity index (χ1) is 17.9. The van der Waals surface area contributed by atoms with E-state index >= 15 is 8.78 Å². The molecule has 0 saturated carbocycles. The minimum atomic E-state index is -8.08. The molecule has 2 aromatic rings. The van der Waals surface area contributed by atoms with Crippen LogP contribution in [0.2, 0.25) is 0 Å². The molecule has 0 spiro atoms. The number of rotatable bonds is 10. The highest BCUT2D eigenvalue weighted by Crippen LogP contribution is 2.62. The van der Waals surface area contributed by atoms with E-state index in [0.29, 0.717) is 0 Å². The predicted octanol–water partition coefficient (Wildman–Crippen LogP) is 7.73. The Morgan fingerprint density at radius 2 is 1.18 bits per heavy atom. The normalized spacial score (nSPS) is 16.3. The van der Waals surface area contributed by atoms with Crippen LogP contribution in [0.3, 0.4) is 0 Å². The maximum atomic E-state index is 15.0. The Hall–Kier alpha value is -3.04. The fourth-order valence-corrected chi connectivity index (χ4v) is 3.82. The second kappa shape index (κ2) is 10.4. The van der Waals surface area contributed by atoms with Crippen molar-refractivity contribution in [3.05, 3.63) is 65.7 Å². The number of alkyl halides is 13. The molecule has 0 amide bonds. The first kappa shape index (κ1) is 33.2. The van der Waals surface area contributed by atoms with E-state index in [2.05, 4.69) is 0 Å². The van der Waals surface area contributed by atoms with Crippen molar-refractivity contribution in [3.8, 4) is 5.75 Å². The molecule has 0 aliphatic carbocycles. The van der Waals surface area contributed by atoms with Gasteiger partial charge in [0.25, 0.3) is 0 Å². The molecule has 0 radical (unpaired) electrons. The van der Waals surface area contributed by atoms with Crippen molar-refractivity contribution in [3.63, 3.8) is 0 Å². The first-order valence-corrected chi connectivity index (χ1v) is 10.9. The number of hydrogen-bond donors (Lipinski definition) is 1. The highest BCUT2D eigenvalue weighted by Gasteiger charge is 2.90. The fourth-order valence-electron chi connectivity index (χ4n) is 3.82. The summed E-state index contributed by atoms with van der Waals surface area (Å²) in [5.41, 5.74) is -4.58. The summed E-state index contributed by atoms with van der Waals surface area (Å²) in [7, 11) is 0. The van der Waals surface area contributed by atoms with Crippen molar-refractivity contribution < 1.29 is 71.7 Å². The minimum absolute atomic E-state index is 0.137. The van der Waals surface area contributed by atoms with Gasteiger partial charge < -0.3 is 9.84 Å². The molecule has 2 atom stereocenters. The number of halogens is 13. The van der Waals surface area contributed by atoms with E-state index in [4.69, 9.17) is 4.74 Å². The van der Waals surface area contributed by atoms with Crippen molar-refractivity contribution in [1.29, 1.82) is 0 Å². The van der Waals surface area contributed by atoms with Crippen LogP contribution in [-0.4, -0.2) is 46.9 Å². The topological polar surface area (TPSA) is 46.5 Å². The van der Waals surface area contributed by atoms with Gasteiger partial charge >= 0.3 is 41.8 Å². The Morgan fingerprint density at radius 3 is 1.65 bits per heavy atom. The Morgan fingerprint density at radius 1 is 0.725 bits per heavy atom. The molecule has 1 N–H and O–H groups in total. The molecule has 0 aromatic heterocycles. The molecule has 2 aromatic carbocycles. The van der Waals surface area contributed by atoms with E-state index in [-0.39, 0.29) is 5.56 Å². The Balaban J connectivity index is 2.77. The molecule has 0 heterocycles. The third-order valence-corrected chi connectivity index (χ3v) is 6.11. The van der Waals surface area contributed by atoms with E-state index in [9.17, 15) is 58.2 Å². The summed E-state index contributed by atoms with van der Waals surface area (Å²) < 4.78 is 183. The molecule has 0 bridgehead atoms. The SMILES string of the molecule is CC(=O)Oc1ccccc1C(O)(CC(F)(F)C(F)(F)C(F)(F)C(F)(F)C(F)(F)C(F)(F)F)C(C)c1ccccc1. The van der Waals surface area contributed by atoms with Gasteiger partial charge in [0, 0.05) is 18.4 Å². The van der Waals surface area contributed by atoms with Crippen LogP contribution in [-0.2, 0) is 10.4 Å². The first-order valence-electron chi connectivity index (χ1n) is 10.9. The minimum Gasteiger partial charge on any atom is -0.426 e. The number of esters is 1. The second-order valence-electron chi connectivity index (χ2n) is 8.82.